The summed E-state index contributed by atoms with van der Waals surface area (Å²) >= 11 is 12.2. The van der Waals surface area contributed by atoms with Crippen molar-refractivity contribution in [2.45, 2.75) is 6.92 Å². The van der Waals surface area contributed by atoms with Gasteiger partial charge in [-0.05, 0) is 36.8 Å². The molecule has 114 valence electrons. The van der Waals surface area contributed by atoms with Gasteiger partial charge in [-0.1, -0.05) is 29.3 Å². The van der Waals surface area contributed by atoms with Crippen molar-refractivity contribution in [1.82, 2.24) is 19.7 Å². The molecule has 0 bridgehead atoms. The van der Waals surface area contributed by atoms with Gasteiger partial charge in [0.05, 0.1) is 10.7 Å². The number of aryl methyl sites for hydroxylation is 1. The Morgan fingerprint density at radius 3 is 2.61 bits per heavy atom. The fraction of sp³-hybridized carbons (Fsp3) is 0.0625. The molecule has 0 unspecified atom stereocenters. The van der Waals surface area contributed by atoms with Crippen molar-refractivity contribution in [3.63, 3.8) is 0 Å². The zero-order valence-electron chi connectivity index (χ0n) is 12.0. The predicted octanol–water partition coefficient (Wildman–Crippen LogP) is 4.69. The minimum Gasteiger partial charge on any atom is -0.435 e. The van der Waals surface area contributed by atoms with Crippen LogP contribution in [0.25, 0.3) is 28.2 Å². The van der Waals surface area contributed by atoms with Gasteiger partial charge >= 0.3 is 0 Å². The summed E-state index contributed by atoms with van der Waals surface area (Å²) in [5.74, 6) is 0.485. The highest BCUT2D eigenvalue weighted by atomic mass is 35.5. The van der Waals surface area contributed by atoms with Crippen molar-refractivity contribution in [3.05, 3.63) is 58.6 Å². The van der Waals surface area contributed by atoms with Gasteiger partial charge in [-0.2, -0.15) is 0 Å². The monoisotopic (exact) mass is 344 g/mol. The topological polar surface area (TPSA) is 56.7 Å². The third-order valence-electron chi connectivity index (χ3n) is 3.56. The van der Waals surface area contributed by atoms with E-state index in [9.17, 15) is 0 Å². The molecule has 4 rings (SSSR count). The first-order valence-electron chi connectivity index (χ1n) is 6.83. The lowest BCUT2D eigenvalue weighted by atomic mass is 10.1. The van der Waals surface area contributed by atoms with Crippen LogP contribution in [0.2, 0.25) is 10.0 Å². The Morgan fingerprint density at radius 2 is 1.83 bits per heavy atom. The van der Waals surface area contributed by atoms with Gasteiger partial charge < -0.3 is 4.42 Å². The molecule has 2 aromatic carbocycles. The molecular weight excluding hydrogens is 335 g/mol. The SMILES string of the molecule is Cc1ccc(-c2nc3cc(Cl)cc(Cl)c3o2)cc1-n1cnnc1. The maximum atomic E-state index is 6.16. The second-order valence-corrected chi connectivity index (χ2v) is 5.97. The average molecular weight is 345 g/mol. The molecule has 0 saturated heterocycles. The van der Waals surface area contributed by atoms with E-state index >= 15 is 0 Å². The largest absolute Gasteiger partial charge is 0.435 e. The normalized spacial score (nSPS) is 11.3. The number of fused-ring (bicyclic) bond motifs is 1. The zero-order chi connectivity index (χ0) is 16.0. The Kier molecular flexibility index (Phi) is 3.32. The molecule has 0 atom stereocenters. The van der Waals surface area contributed by atoms with Crippen molar-refractivity contribution < 1.29 is 4.42 Å². The van der Waals surface area contributed by atoms with Crippen molar-refractivity contribution >= 4 is 34.3 Å². The van der Waals surface area contributed by atoms with Crippen LogP contribution in [-0.4, -0.2) is 19.7 Å². The van der Waals surface area contributed by atoms with Gasteiger partial charge in [0.25, 0.3) is 0 Å². The number of rotatable bonds is 2. The summed E-state index contributed by atoms with van der Waals surface area (Å²) in [6.07, 6.45) is 3.30. The van der Waals surface area contributed by atoms with Gasteiger partial charge in [0, 0.05) is 10.6 Å². The number of halogens is 2. The fourth-order valence-electron chi connectivity index (χ4n) is 2.43. The van der Waals surface area contributed by atoms with E-state index in [1.807, 2.05) is 29.7 Å². The Hall–Kier alpha value is -2.37. The molecule has 5 nitrogen and oxygen atoms in total. The van der Waals surface area contributed by atoms with Crippen molar-refractivity contribution in [2.75, 3.05) is 0 Å². The third-order valence-corrected chi connectivity index (χ3v) is 4.06. The van der Waals surface area contributed by atoms with Crippen LogP contribution in [0.5, 0.6) is 0 Å². The molecule has 0 fully saturated rings. The van der Waals surface area contributed by atoms with Crippen LogP contribution in [0.1, 0.15) is 5.56 Å². The Balaban J connectivity index is 1.88. The van der Waals surface area contributed by atoms with Crippen molar-refractivity contribution in [1.29, 1.82) is 0 Å². The Bertz CT molecular complexity index is 1010. The molecular formula is C16H10Cl2N4O. The first-order chi connectivity index (χ1) is 11.1. The average Bonchev–Trinajstić information content (AvgIpc) is 3.16. The first kappa shape index (κ1) is 14.2. The van der Waals surface area contributed by atoms with E-state index in [1.165, 1.54) is 0 Å². The van der Waals surface area contributed by atoms with E-state index in [-0.39, 0.29) is 0 Å². The summed E-state index contributed by atoms with van der Waals surface area (Å²) in [6.45, 7) is 2.02. The summed E-state index contributed by atoms with van der Waals surface area (Å²) in [5, 5.41) is 8.65. The third kappa shape index (κ3) is 2.48. The number of hydrogen-bond acceptors (Lipinski definition) is 4. The molecule has 0 radical (unpaired) electrons. The highest BCUT2D eigenvalue weighted by Crippen LogP contribution is 2.32. The summed E-state index contributed by atoms with van der Waals surface area (Å²) in [4.78, 5) is 4.48. The smallest absolute Gasteiger partial charge is 0.227 e. The van der Waals surface area contributed by atoms with Crippen LogP contribution in [0, 0.1) is 6.92 Å². The minimum absolute atomic E-state index is 0.442. The van der Waals surface area contributed by atoms with Gasteiger partial charge in [-0.25, -0.2) is 4.98 Å². The summed E-state index contributed by atoms with van der Waals surface area (Å²) in [5.41, 5.74) is 4.04. The maximum Gasteiger partial charge on any atom is 0.227 e. The molecule has 7 heteroatoms. The highest BCUT2D eigenvalue weighted by Gasteiger charge is 2.13. The number of aromatic nitrogens is 4. The predicted molar refractivity (Wildman–Crippen MR) is 89.1 cm³/mol. The number of benzene rings is 2. The molecule has 0 saturated carbocycles. The lowest BCUT2D eigenvalue weighted by Crippen LogP contribution is -1.94. The van der Waals surface area contributed by atoms with Gasteiger partial charge in [0.15, 0.2) is 5.58 Å². The summed E-state index contributed by atoms with van der Waals surface area (Å²) < 4.78 is 7.65. The lowest BCUT2D eigenvalue weighted by Gasteiger charge is -2.07. The molecule has 0 amide bonds. The molecule has 23 heavy (non-hydrogen) atoms. The number of nitrogens with zero attached hydrogens (tertiary/aromatic N) is 4. The van der Waals surface area contributed by atoms with Gasteiger partial charge in [-0.15, -0.1) is 10.2 Å². The summed E-state index contributed by atoms with van der Waals surface area (Å²) in [7, 11) is 0. The van der Waals surface area contributed by atoms with Crippen LogP contribution in [0.15, 0.2) is 47.4 Å². The van der Waals surface area contributed by atoms with E-state index in [0.29, 0.717) is 27.0 Å². The Labute approximate surface area is 141 Å². The van der Waals surface area contributed by atoms with Gasteiger partial charge in [-0.3, -0.25) is 4.57 Å². The molecule has 2 aromatic heterocycles. The molecule has 0 aliphatic rings. The fourth-order valence-corrected chi connectivity index (χ4v) is 2.95. The molecule has 4 aromatic rings. The highest BCUT2D eigenvalue weighted by molar-refractivity contribution is 6.38. The molecule has 2 heterocycles. The van der Waals surface area contributed by atoms with E-state index in [1.54, 1.807) is 24.8 Å². The van der Waals surface area contributed by atoms with Crippen LogP contribution in [0.3, 0.4) is 0 Å². The van der Waals surface area contributed by atoms with Crippen LogP contribution >= 0.6 is 23.2 Å². The molecule has 0 aliphatic heterocycles. The Morgan fingerprint density at radius 1 is 1.04 bits per heavy atom. The first-order valence-corrected chi connectivity index (χ1v) is 7.59. The zero-order valence-corrected chi connectivity index (χ0v) is 13.5. The van der Waals surface area contributed by atoms with Gasteiger partial charge in [0.2, 0.25) is 5.89 Å². The lowest BCUT2D eigenvalue weighted by molar-refractivity contribution is 0.620. The minimum atomic E-state index is 0.442. The second-order valence-electron chi connectivity index (χ2n) is 5.13. The standard InChI is InChI=1S/C16H10Cl2N4O/c1-9-2-3-10(4-14(9)22-7-19-20-8-22)16-21-13-6-11(17)5-12(18)15(13)23-16/h2-8H,1H3. The molecule has 0 aliphatic carbocycles. The quantitative estimate of drug-likeness (QED) is 0.529. The van der Waals surface area contributed by atoms with Crippen LogP contribution < -0.4 is 0 Å². The van der Waals surface area contributed by atoms with Crippen LogP contribution in [-0.2, 0) is 0 Å². The van der Waals surface area contributed by atoms with E-state index < -0.39 is 0 Å². The van der Waals surface area contributed by atoms with E-state index in [4.69, 9.17) is 27.6 Å². The second kappa shape index (κ2) is 5.37. The van der Waals surface area contributed by atoms with Crippen molar-refractivity contribution in [2.24, 2.45) is 0 Å². The van der Waals surface area contributed by atoms with E-state index in [0.717, 1.165) is 16.8 Å². The molecule has 0 N–H and O–H groups in total. The number of oxazole rings is 1. The maximum absolute atomic E-state index is 6.16. The van der Waals surface area contributed by atoms with Crippen molar-refractivity contribution in [3.8, 4) is 17.1 Å². The summed E-state index contributed by atoms with van der Waals surface area (Å²) in [6, 6.07) is 9.28. The van der Waals surface area contributed by atoms with E-state index in [2.05, 4.69) is 15.2 Å². The van der Waals surface area contributed by atoms with Gasteiger partial charge in [0.1, 0.15) is 18.2 Å². The molecule has 0 spiro atoms. The van der Waals surface area contributed by atoms with Crippen LogP contribution in [0.4, 0.5) is 0 Å². The number of hydrogen-bond donors (Lipinski definition) is 0.